The Balaban J connectivity index is 1.44. The van der Waals surface area contributed by atoms with Gasteiger partial charge in [-0.3, -0.25) is 9.59 Å². The fourth-order valence-electron chi connectivity index (χ4n) is 8.91. The predicted octanol–water partition coefficient (Wildman–Crippen LogP) is 3.39. The third-order valence-electron chi connectivity index (χ3n) is 10.0. The third-order valence-corrected chi connectivity index (χ3v) is 10.0. The van der Waals surface area contributed by atoms with Crippen molar-refractivity contribution in [3.8, 4) is 0 Å². The lowest BCUT2D eigenvalue weighted by molar-refractivity contribution is -0.256. The van der Waals surface area contributed by atoms with E-state index < -0.39 is 11.4 Å². The van der Waals surface area contributed by atoms with E-state index in [9.17, 15) is 9.59 Å². The standard InChI is InChI=1S/C24H32O6/c1-14-8-18-17-5-4-15-9-16(25)6-7-21(15,2)20(17)19(26)10-22(18,3)24(14)23(29-13-30-24)11-27-12-28-23/h9,14,17-18,20H,4-8,10-13H2,1-3H3/t14-,17+,18+,20-,21+,22+,23?,24-/m1/s1. The lowest BCUT2D eigenvalue weighted by Crippen LogP contribution is -2.67. The van der Waals surface area contributed by atoms with Crippen molar-refractivity contribution in [3.63, 3.8) is 0 Å². The smallest absolute Gasteiger partial charge is 0.227 e. The van der Waals surface area contributed by atoms with Crippen molar-refractivity contribution < 1.29 is 28.5 Å². The van der Waals surface area contributed by atoms with Gasteiger partial charge in [-0.25, -0.2) is 0 Å². The summed E-state index contributed by atoms with van der Waals surface area (Å²) in [6, 6.07) is 0. The largest absolute Gasteiger partial charge is 0.350 e. The summed E-state index contributed by atoms with van der Waals surface area (Å²) >= 11 is 0. The van der Waals surface area contributed by atoms with Gasteiger partial charge in [0.2, 0.25) is 5.79 Å². The van der Waals surface area contributed by atoms with E-state index in [4.69, 9.17) is 18.9 Å². The van der Waals surface area contributed by atoms with Crippen molar-refractivity contribution in [1.29, 1.82) is 0 Å². The molecule has 0 aromatic carbocycles. The van der Waals surface area contributed by atoms with Crippen LogP contribution in [0.25, 0.3) is 0 Å². The first-order valence-electron chi connectivity index (χ1n) is 11.5. The number of carbonyl (C=O) groups is 2. The van der Waals surface area contributed by atoms with Crippen LogP contribution in [0.1, 0.15) is 59.3 Å². The van der Waals surface area contributed by atoms with E-state index in [0.29, 0.717) is 37.1 Å². The summed E-state index contributed by atoms with van der Waals surface area (Å²) in [5.74, 6) is 0.541. The Morgan fingerprint density at radius 2 is 1.87 bits per heavy atom. The van der Waals surface area contributed by atoms with Crippen molar-refractivity contribution in [2.24, 2.45) is 34.5 Å². The van der Waals surface area contributed by atoms with Gasteiger partial charge in [0.05, 0.1) is 0 Å². The minimum atomic E-state index is -0.913. The second-order valence-corrected chi connectivity index (χ2v) is 11.0. The predicted molar refractivity (Wildman–Crippen MR) is 106 cm³/mol. The second kappa shape index (κ2) is 6.03. The van der Waals surface area contributed by atoms with E-state index in [2.05, 4.69) is 20.8 Å². The highest BCUT2D eigenvalue weighted by Crippen LogP contribution is 2.72. The molecular formula is C24H32O6. The average Bonchev–Trinajstić information content (AvgIpc) is 3.38. The van der Waals surface area contributed by atoms with Crippen molar-refractivity contribution in [1.82, 2.24) is 0 Å². The lowest BCUT2D eigenvalue weighted by Gasteiger charge is -2.59. The number of rotatable bonds is 0. The minimum Gasteiger partial charge on any atom is -0.350 e. The monoisotopic (exact) mass is 416 g/mol. The minimum absolute atomic E-state index is 0.00467. The molecule has 0 N–H and O–H groups in total. The van der Waals surface area contributed by atoms with E-state index in [1.807, 2.05) is 6.08 Å². The van der Waals surface area contributed by atoms with Crippen LogP contribution in [0.5, 0.6) is 0 Å². The molecule has 8 atom stereocenters. The highest BCUT2D eigenvalue weighted by molar-refractivity contribution is 5.93. The molecule has 0 aromatic rings. The molecule has 0 bridgehead atoms. The van der Waals surface area contributed by atoms with E-state index in [-0.39, 0.29) is 42.0 Å². The number of ketones is 2. The van der Waals surface area contributed by atoms with Crippen molar-refractivity contribution >= 4 is 11.6 Å². The number of hydrogen-bond acceptors (Lipinski definition) is 6. The van der Waals surface area contributed by atoms with E-state index in [0.717, 1.165) is 25.7 Å². The molecule has 6 rings (SSSR count). The maximum absolute atomic E-state index is 13.9. The summed E-state index contributed by atoms with van der Waals surface area (Å²) in [6.45, 7) is 7.46. The quantitative estimate of drug-likeness (QED) is 0.603. The Kier molecular flexibility index (Phi) is 3.94. The number of hydrogen-bond donors (Lipinski definition) is 0. The van der Waals surface area contributed by atoms with Crippen molar-refractivity contribution in [2.75, 3.05) is 20.2 Å². The zero-order valence-corrected chi connectivity index (χ0v) is 18.2. The molecule has 6 heteroatoms. The SMILES string of the molecule is C[C@@H]1C[C@H]2[C@@H]3CCC4=CC(=O)CC[C@]4(C)[C@H]3C(=O)C[C@]2(C)[C@]12OCOC21COCO1. The van der Waals surface area contributed by atoms with Crippen molar-refractivity contribution in [2.45, 2.75) is 70.7 Å². The van der Waals surface area contributed by atoms with Gasteiger partial charge >= 0.3 is 0 Å². The van der Waals surface area contributed by atoms with Gasteiger partial charge in [0.25, 0.3) is 0 Å². The Bertz CT molecular complexity index is 837. The Labute approximate surface area is 177 Å². The molecule has 2 spiro atoms. The fourth-order valence-corrected chi connectivity index (χ4v) is 8.91. The van der Waals surface area contributed by atoms with Crippen LogP contribution in [0.4, 0.5) is 0 Å². The van der Waals surface area contributed by atoms with Gasteiger partial charge in [-0.2, -0.15) is 0 Å². The Hall–Kier alpha value is -1.08. The molecule has 2 heterocycles. The van der Waals surface area contributed by atoms with Crippen LogP contribution in [-0.4, -0.2) is 43.1 Å². The van der Waals surface area contributed by atoms with Gasteiger partial charge < -0.3 is 18.9 Å². The Morgan fingerprint density at radius 3 is 2.63 bits per heavy atom. The molecule has 6 aliphatic rings. The molecule has 30 heavy (non-hydrogen) atoms. The molecule has 6 nitrogen and oxygen atoms in total. The number of allylic oxidation sites excluding steroid dienone is 1. The fraction of sp³-hybridized carbons (Fsp3) is 0.833. The number of fused-ring (bicyclic) bond motifs is 7. The molecule has 2 saturated heterocycles. The molecule has 164 valence electrons. The number of Topliss-reactive ketones (excluding diaryl/α,β-unsaturated/α-hetero) is 1. The summed E-state index contributed by atoms with van der Waals surface area (Å²) in [5, 5.41) is 0. The summed E-state index contributed by atoms with van der Waals surface area (Å²) in [5.41, 5.74) is 0.0201. The summed E-state index contributed by atoms with van der Waals surface area (Å²) in [4.78, 5) is 26.0. The maximum atomic E-state index is 13.9. The molecule has 0 amide bonds. The highest BCUT2D eigenvalue weighted by atomic mass is 16.9. The van der Waals surface area contributed by atoms with Gasteiger partial charge in [0.15, 0.2) is 19.4 Å². The molecule has 1 unspecified atom stereocenters. The zero-order chi connectivity index (χ0) is 20.9. The first kappa shape index (κ1) is 19.6. The van der Waals surface area contributed by atoms with Gasteiger partial charge in [0, 0.05) is 24.2 Å². The Morgan fingerprint density at radius 1 is 1.07 bits per heavy atom. The van der Waals surface area contributed by atoms with Gasteiger partial charge in [-0.05, 0) is 54.9 Å². The lowest BCUT2D eigenvalue weighted by atomic mass is 9.45. The van der Waals surface area contributed by atoms with Crippen molar-refractivity contribution in [3.05, 3.63) is 11.6 Å². The van der Waals surface area contributed by atoms with Crippen LogP contribution in [0, 0.1) is 34.5 Å². The van der Waals surface area contributed by atoms with Gasteiger partial charge in [-0.15, -0.1) is 0 Å². The molecular weight excluding hydrogens is 384 g/mol. The van der Waals surface area contributed by atoms with E-state index in [1.54, 1.807) is 0 Å². The third kappa shape index (κ3) is 2.05. The van der Waals surface area contributed by atoms with Gasteiger partial charge in [0.1, 0.15) is 18.0 Å². The molecule has 4 aliphatic carbocycles. The van der Waals surface area contributed by atoms with Crippen LogP contribution < -0.4 is 0 Å². The summed E-state index contributed by atoms with van der Waals surface area (Å²) in [7, 11) is 0. The first-order valence-corrected chi connectivity index (χ1v) is 11.5. The second-order valence-electron chi connectivity index (χ2n) is 11.0. The normalized spacial score (nSPS) is 55.0. The highest BCUT2D eigenvalue weighted by Gasteiger charge is 2.79. The first-order chi connectivity index (χ1) is 14.3. The van der Waals surface area contributed by atoms with E-state index in [1.165, 1.54) is 5.57 Å². The topological polar surface area (TPSA) is 71.1 Å². The van der Waals surface area contributed by atoms with Crippen LogP contribution in [-0.2, 0) is 28.5 Å². The molecule has 0 aromatic heterocycles. The van der Waals surface area contributed by atoms with Crippen LogP contribution in [0.3, 0.4) is 0 Å². The molecule has 2 aliphatic heterocycles. The van der Waals surface area contributed by atoms with E-state index >= 15 is 0 Å². The number of ether oxygens (including phenoxy) is 4. The molecule has 0 radical (unpaired) electrons. The van der Waals surface area contributed by atoms with Gasteiger partial charge in [-0.1, -0.05) is 26.3 Å². The molecule has 5 fully saturated rings. The maximum Gasteiger partial charge on any atom is 0.227 e. The summed E-state index contributed by atoms with van der Waals surface area (Å²) in [6.07, 6.45) is 6.60. The van der Waals surface area contributed by atoms with Crippen LogP contribution in [0.15, 0.2) is 11.6 Å². The zero-order valence-electron chi connectivity index (χ0n) is 18.2. The number of carbonyl (C=O) groups excluding carboxylic acids is 2. The van der Waals surface area contributed by atoms with Crippen LogP contribution in [0.2, 0.25) is 0 Å². The van der Waals surface area contributed by atoms with Crippen LogP contribution >= 0.6 is 0 Å². The average molecular weight is 417 g/mol. The summed E-state index contributed by atoms with van der Waals surface area (Å²) < 4.78 is 24.3. The molecule has 3 saturated carbocycles.